The topological polar surface area (TPSA) is 447 Å². The van der Waals surface area contributed by atoms with Crippen molar-refractivity contribution in [2.24, 2.45) is 11.5 Å². The van der Waals surface area contributed by atoms with E-state index in [-0.39, 0.29) is 11.9 Å². The molecule has 0 atom stereocenters. The molecule has 0 aromatic heterocycles. The van der Waals surface area contributed by atoms with Crippen LogP contribution in [0.2, 0.25) is 0 Å². The average molecular weight is 642 g/mol. The van der Waals surface area contributed by atoms with Crippen LogP contribution in [-0.2, 0) is 43.2 Å². The van der Waals surface area contributed by atoms with E-state index in [1.54, 1.807) is 0 Å². The summed E-state index contributed by atoms with van der Waals surface area (Å²) in [4.78, 5) is 81.0. The average Bonchev–Trinajstić information content (AvgIpc) is 2.55. The van der Waals surface area contributed by atoms with Crippen molar-refractivity contribution in [2.75, 3.05) is 0 Å². The van der Waals surface area contributed by atoms with Crippen molar-refractivity contribution in [2.45, 2.75) is 62.3 Å². The molecule has 43 heavy (non-hydrogen) atoms. The van der Waals surface area contributed by atoms with Gasteiger partial charge >= 0.3 is 0 Å². The Morgan fingerprint density at radius 3 is 0.395 bits per heavy atom. The highest BCUT2D eigenvalue weighted by Gasteiger charge is 1.83. The van der Waals surface area contributed by atoms with Gasteiger partial charge in [0.1, 0.15) is 0 Å². The van der Waals surface area contributed by atoms with E-state index in [1.807, 2.05) is 5.32 Å². The molecule has 23 nitrogen and oxygen atoms in total. The van der Waals surface area contributed by atoms with Gasteiger partial charge in [-0.15, -0.1) is 0 Å². The summed E-state index contributed by atoms with van der Waals surface area (Å²) in [6.07, 6.45) is 0. The van der Waals surface area contributed by atoms with Gasteiger partial charge in [0.15, 0.2) is 11.9 Å². The third-order valence-corrected chi connectivity index (χ3v) is 0.269. The first-order valence-electron chi connectivity index (χ1n) is 9.93. The highest BCUT2D eigenvalue weighted by Crippen LogP contribution is 1.46. The molecule has 0 aliphatic rings. The Hall–Kier alpha value is -6.03. The highest BCUT2D eigenvalue weighted by atomic mass is 16.4. The van der Waals surface area contributed by atoms with E-state index in [9.17, 15) is 0 Å². The van der Waals surface area contributed by atoms with Crippen molar-refractivity contribution in [1.82, 2.24) is 5.32 Å². The van der Waals surface area contributed by atoms with E-state index in [0.717, 1.165) is 62.3 Å². The number of guanidine groups is 2. The Labute approximate surface area is 245 Å². The lowest BCUT2D eigenvalue weighted by Crippen LogP contribution is -2.39. The first kappa shape index (κ1) is 65.8. The summed E-state index contributed by atoms with van der Waals surface area (Å²) in [5, 5.41) is 81.7. The second kappa shape index (κ2) is 56.2. The van der Waals surface area contributed by atoms with Crippen molar-refractivity contribution in [1.29, 1.82) is 10.8 Å². The second-order valence-corrected chi connectivity index (χ2v) is 5.62. The van der Waals surface area contributed by atoms with Gasteiger partial charge in [-0.3, -0.25) is 59.3 Å². The quantitative estimate of drug-likeness (QED) is 0.113. The maximum Gasteiger partial charge on any atom is 0.300 e. The monoisotopic (exact) mass is 641 g/mol. The molecule has 0 bridgehead atoms. The first-order valence-corrected chi connectivity index (χ1v) is 9.93. The molecular formula is C20H43N5O18. The minimum absolute atomic E-state index is 0.312. The Morgan fingerprint density at radius 1 is 0.349 bits per heavy atom. The van der Waals surface area contributed by atoms with Crippen LogP contribution in [0, 0.1) is 10.8 Å². The maximum absolute atomic E-state index is 9.00. The SMILES string of the molecule is CC(=O)O.CC(=O)O.CC(=O)O.CC(=O)O.CC(=O)O.CC(=O)O.CC(=O)O.CC(=O)O.CC(=O)O.N=C(N)NC(=N)N. The number of carbonyl (C=O) groups is 9. The zero-order valence-electron chi connectivity index (χ0n) is 24.9. The summed E-state index contributed by atoms with van der Waals surface area (Å²) in [5.41, 5.74) is 9.49. The van der Waals surface area contributed by atoms with Crippen molar-refractivity contribution in [3.05, 3.63) is 0 Å². The predicted octanol–water partition coefficient (Wildman–Crippen LogP) is -0.819. The van der Waals surface area contributed by atoms with Crippen LogP contribution in [-0.4, -0.2) is 112 Å². The van der Waals surface area contributed by atoms with Crippen molar-refractivity contribution >= 4 is 65.6 Å². The van der Waals surface area contributed by atoms with E-state index >= 15 is 0 Å². The molecule has 0 aromatic rings. The van der Waals surface area contributed by atoms with Crippen LogP contribution in [0.4, 0.5) is 0 Å². The van der Waals surface area contributed by atoms with Crippen molar-refractivity contribution in [3.8, 4) is 0 Å². The molecule has 0 aliphatic heterocycles. The molecule has 0 fully saturated rings. The van der Waals surface area contributed by atoms with E-state index in [0.29, 0.717) is 0 Å². The molecule has 0 radical (unpaired) electrons. The van der Waals surface area contributed by atoms with Crippen LogP contribution >= 0.6 is 0 Å². The van der Waals surface area contributed by atoms with Gasteiger partial charge < -0.3 is 57.4 Å². The molecular weight excluding hydrogens is 598 g/mol. The van der Waals surface area contributed by atoms with E-state index in [1.165, 1.54) is 0 Å². The summed E-state index contributed by atoms with van der Waals surface area (Å²) in [6, 6.07) is 0. The molecule has 16 N–H and O–H groups in total. The molecule has 23 heteroatoms. The van der Waals surface area contributed by atoms with Gasteiger partial charge in [-0.2, -0.15) is 0 Å². The summed E-state index contributed by atoms with van der Waals surface area (Å²) in [5.74, 6) is -8.12. The Kier molecular flexibility index (Phi) is 86.0. The van der Waals surface area contributed by atoms with Crippen LogP contribution in [0.5, 0.6) is 0 Å². The molecule has 0 saturated carbocycles. The fourth-order valence-corrected chi connectivity index (χ4v) is 0.145. The van der Waals surface area contributed by atoms with Crippen LogP contribution < -0.4 is 16.8 Å². The molecule has 0 spiro atoms. The van der Waals surface area contributed by atoms with Crippen LogP contribution in [0.15, 0.2) is 0 Å². The minimum Gasteiger partial charge on any atom is -0.481 e. The number of carboxylic acid groups (broad SMARTS) is 9. The highest BCUT2D eigenvalue weighted by molar-refractivity contribution is 5.93. The second-order valence-electron chi connectivity index (χ2n) is 5.62. The lowest BCUT2D eigenvalue weighted by molar-refractivity contribution is -0.135. The third-order valence-electron chi connectivity index (χ3n) is 0.269. The molecule has 0 heterocycles. The van der Waals surface area contributed by atoms with Crippen LogP contribution in [0.1, 0.15) is 62.3 Å². The lowest BCUT2D eigenvalue weighted by Gasteiger charge is -1.95. The normalized spacial score (nSPS) is 6.44. The standard InChI is InChI=1S/C2H7N5.9C2H4O2/c3-1(4)7-2(5)6;9*1-2(3)4/h(H7,3,4,5,6,7);9*1H3,(H,3,4). The van der Waals surface area contributed by atoms with Gasteiger partial charge in [-0.25, -0.2) is 0 Å². The molecule has 0 saturated heterocycles. The number of nitrogens with one attached hydrogen (secondary N) is 3. The van der Waals surface area contributed by atoms with Gasteiger partial charge in [0.25, 0.3) is 53.7 Å². The Bertz CT molecular complexity index is 610. The number of hydrogen-bond acceptors (Lipinski definition) is 11. The van der Waals surface area contributed by atoms with Crippen LogP contribution in [0.3, 0.4) is 0 Å². The number of nitrogens with two attached hydrogens (primary N) is 2. The van der Waals surface area contributed by atoms with Gasteiger partial charge in [-0.05, 0) is 0 Å². The molecule has 256 valence electrons. The van der Waals surface area contributed by atoms with Crippen molar-refractivity contribution in [3.63, 3.8) is 0 Å². The fourth-order valence-electron chi connectivity index (χ4n) is 0.145. The molecule has 0 aromatic carbocycles. The number of aliphatic carboxylic acids is 9. The van der Waals surface area contributed by atoms with E-state index < -0.39 is 53.7 Å². The third kappa shape index (κ3) is 10100. The van der Waals surface area contributed by atoms with E-state index in [2.05, 4.69) is 0 Å². The molecule has 0 unspecified atom stereocenters. The van der Waals surface area contributed by atoms with Gasteiger partial charge in [-0.1, -0.05) is 0 Å². The fraction of sp³-hybridized carbons (Fsp3) is 0.450. The predicted molar refractivity (Wildman–Crippen MR) is 147 cm³/mol. The van der Waals surface area contributed by atoms with Crippen molar-refractivity contribution < 1.29 is 89.1 Å². The number of carboxylic acids is 9. The van der Waals surface area contributed by atoms with Gasteiger partial charge in [0, 0.05) is 62.3 Å². The molecule has 0 rings (SSSR count). The summed E-state index contributed by atoms with van der Waals surface area (Å²) in [6.45, 7) is 9.75. The summed E-state index contributed by atoms with van der Waals surface area (Å²) in [7, 11) is 0. The zero-order valence-corrected chi connectivity index (χ0v) is 24.9. The van der Waals surface area contributed by atoms with E-state index in [4.69, 9.17) is 111 Å². The van der Waals surface area contributed by atoms with Gasteiger partial charge in [0.2, 0.25) is 0 Å². The summed E-state index contributed by atoms with van der Waals surface area (Å²) < 4.78 is 0. The van der Waals surface area contributed by atoms with Gasteiger partial charge in [0.05, 0.1) is 0 Å². The molecule has 0 amide bonds. The first-order chi connectivity index (χ1) is 18.7. The smallest absolute Gasteiger partial charge is 0.300 e. The number of hydrogen-bond donors (Lipinski definition) is 14. The molecule has 0 aliphatic carbocycles. The number of rotatable bonds is 0. The Morgan fingerprint density at radius 2 is 0.395 bits per heavy atom. The van der Waals surface area contributed by atoms with Crippen LogP contribution in [0.25, 0.3) is 0 Å². The lowest BCUT2D eigenvalue weighted by atomic mass is 10.9. The largest absolute Gasteiger partial charge is 0.481 e. The zero-order chi connectivity index (χ0) is 38.1. The maximum atomic E-state index is 9.00. The minimum atomic E-state index is -0.833. The summed E-state index contributed by atoms with van der Waals surface area (Å²) >= 11 is 0. The Balaban J connectivity index is -0.0000000354.